The quantitative estimate of drug-likeness (QED) is 0.618. The molecule has 1 rings (SSSR count). The highest BCUT2D eigenvalue weighted by molar-refractivity contribution is 6.17. The molecule has 0 aliphatic rings. The van der Waals surface area contributed by atoms with Gasteiger partial charge in [0.1, 0.15) is 0 Å². The predicted octanol–water partition coefficient (Wildman–Crippen LogP) is 2.14. The molecule has 0 fully saturated rings. The summed E-state index contributed by atoms with van der Waals surface area (Å²) in [7, 11) is 0. The topological polar surface area (TPSA) is 42.0 Å². The molecule has 1 N–H and O–H groups in total. The predicted molar refractivity (Wildman–Crippen MR) is 61.3 cm³/mol. The van der Waals surface area contributed by atoms with Gasteiger partial charge in [-0.1, -0.05) is 0 Å². The first-order valence-electron chi connectivity index (χ1n) is 5.01. The van der Waals surface area contributed by atoms with Crippen LogP contribution in [0.25, 0.3) is 0 Å². The van der Waals surface area contributed by atoms with Crippen LogP contribution in [-0.4, -0.2) is 23.3 Å². The van der Waals surface area contributed by atoms with E-state index >= 15 is 0 Å². The van der Waals surface area contributed by atoms with E-state index in [0.717, 1.165) is 18.5 Å². The van der Waals surface area contributed by atoms with Gasteiger partial charge in [0.15, 0.2) is 0 Å². The highest BCUT2D eigenvalue weighted by Crippen LogP contribution is 2.03. The van der Waals surface area contributed by atoms with Crippen LogP contribution in [0.1, 0.15) is 28.9 Å². The van der Waals surface area contributed by atoms with Gasteiger partial charge < -0.3 is 5.32 Å². The molecule has 15 heavy (non-hydrogen) atoms. The van der Waals surface area contributed by atoms with Gasteiger partial charge in [0.05, 0.1) is 5.56 Å². The van der Waals surface area contributed by atoms with Gasteiger partial charge in [-0.2, -0.15) is 0 Å². The maximum atomic E-state index is 11.6. The zero-order valence-corrected chi connectivity index (χ0v) is 9.55. The minimum absolute atomic E-state index is 0.0600. The second-order valence-corrected chi connectivity index (χ2v) is 3.67. The van der Waals surface area contributed by atoms with Crippen molar-refractivity contribution < 1.29 is 4.79 Å². The molecule has 82 valence electrons. The van der Waals surface area contributed by atoms with Crippen LogP contribution in [0.5, 0.6) is 0 Å². The molecule has 0 bridgehead atoms. The number of pyridine rings is 1. The van der Waals surface area contributed by atoms with Gasteiger partial charge in [-0.3, -0.25) is 9.78 Å². The van der Waals surface area contributed by atoms with E-state index in [9.17, 15) is 4.79 Å². The van der Waals surface area contributed by atoms with Crippen LogP contribution in [0.15, 0.2) is 18.3 Å². The summed E-state index contributed by atoms with van der Waals surface area (Å²) in [6.45, 7) is 2.49. The molecule has 0 saturated heterocycles. The van der Waals surface area contributed by atoms with Crippen LogP contribution in [0.3, 0.4) is 0 Å². The summed E-state index contributed by atoms with van der Waals surface area (Å²) in [5, 5.41) is 2.84. The van der Waals surface area contributed by atoms with Gasteiger partial charge >= 0.3 is 0 Å². The van der Waals surface area contributed by atoms with Crippen molar-refractivity contribution in [1.29, 1.82) is 0 Å². The van der Waals surface area contributed by atoms with Crippen molar-refractivity contribution in [2.75, 3.05) is 12.4 Å². The Balaban J connectivity index is 2.44. The lowest BCUT2D eigenvalue weighted by atomic mass is 10.2. The van der Waals surface area contributed by atoms with Crippen molar-refractivity contribution in [3.63, 3.8) is 0 Å². The Morgan fingerprint density at radius 2 is 2.33 bits per heavy atom. The SMILES string of the molecule is Cc1ncccc1C(=O)NCCCCCl. The second-order valence-electron chi connectivity index (χ2n) is 3.29. The number of unbranched alkanes of at least 4 members (excludes halogenated alkanes) is 1. The normalized spacial score (nSPS) is 10.0. The van der Waals surface area contributed by atoms with E-state index in [1.165, 1.54) is 0 Å². The Kier molecular flexibility index (Phi) is 5.12. The van der Waals surface area contributed by atoms with Crippen LogP contribution in [0.4, 0.5) is 0 Å². The average Bonchev–Trinajstić information content (AvgIpc) is 2.25. The van der Waals surface area contributed by atoms with Gasteiger partial charge in [-0.25, -0.2) is 0 Å². The number of hydrogen-bond acceptors (Lipinski definition) is 2. The zero-order valence-electron chi connectivity index (χ0n) is 8.79. The largest absolute Gasteiger partial charge is 0.352 e. The molecule has 3 nitrogen and oxygen atoms in total. The highest BCUT2D eigenvalue weighted by atomic mass is 35.5. The third-order valence-corrected chi connectivity index (χ3v) is 2.36. The number of halogens is 1. The average molecular weight is 227 g/mol. The molecule has 1 heterocycles. The van der Waals surface area contributed by atoms with Crippen molar-refractivity contribution in [3.05, 3.63) is 29.6 Å². The molecule has 1 aromatic rings. The van der Waals surface area contributed by atoms with Gasteiger partial charge in [0.2, 0.25) is 0 Å². The van der Waals surface area contributed by atoms with Crippen molar-refractivity contribution in [2.24, 2.45) is 0 Å². The summed E-state index contributed by atoms with van der Waals surface area (Å²) < 4.78 is 0. The molecule has 0 spiro atoms. The minimum Gasteiger partial charge on any atom is -0.352 e. The lowest BCUT2D eigenvalue weighted by Crippen LogP contribution is -2.25. The first kappa shape index (κ1) is 12.0. The minimum atomic E-state index is -0.0600. The van der Waals surface area contributed by atoms with E-state index in [4.69, 9.17) is 11.6 Å². The fraction of sp³-hybridized carbons (Fsp3) is 0.455. The van der Waals surface area contributed by atoms with Gasteiger partial charge in [-0.15, -0.1) is 11.6 Å². The second kappa shape index (κ2) is 6.40. The first-order chi connectivity index (χ1) is 7.25. The number of hydrogen-bond donors (Lipinski definition) is 1. The number of rotatable bonds is 5. The molecule has 0 radical (unpaired) electrons. The lowest BCUT2D eigenvalue weighted by Gasteiger charge is -2.05. The molecule has 0 aromatic carbocycles. The monoisotopic (exact) mass is 226 g/mol. The zero-order chi connectivity index (χ0) is 11.1. The number of amides is 1. The van der Waals surface area contributed by atoms with Gasteiger partial charge in [-0.05, 0) is 31.9 Å². The molecule has 0 unspecified atom stereocenters. The Morgan fingerprint density at radius 3 is 3.00 bits per heavy atom. The fourth-order valence-corrected chi connectivity index (χ4v) is 1.43. The van der Waals surface area contributed by atoms with E-state index in [0.29, 0.717) is 18.0 Å². The number of aryl methyl sites for hydroxylation is 1. The number of aromatic nitrogens is 1. The number of carbonyl (C=O) groups is 1. The number of nitrogens with one attached hydrogen (secondary N) is 1. The van der Waals surface area contributed by atoms with Gasteiger partial charge in [0.25, 0.3) is 5.91 Å². The maximum absolute atomic E-state index is 11.6. The Labute approximate surface area is 94.9 Å². The van der Waals surface area contributed by atoms with E-state index in [-0.39, 0.29) is 5.91 Å². The van der Waals surface area contributed by atoms with Crippen molar-refractivity contribution in [3.8, 4) is 0 Å². The standard InChI is InChI=1S/C11H15ClN2O/c1-9-10(5-4-8-13-9)11(15)14-7-3-2-6-12/h4-5,8H,2-3,6-7H2,1H3,(H,14,15). The Morgan fingerprint density at radius 1 is 1.53 bits per heavy atom. The molecule has 0 atom stereocenters. The summed E-state index contributed by atoms with van der Waals surface area (Å²) in [6.07, 6.45) is 3.52. The van der Waals surface area contributed by atoms with Crippen LogP contribution in [0.2, 0.25) is 0 Å². The Bertz CT molecular complexity index is 328. The highest BCUT2D eigenvalue weighted by Gasteiger charge is 2.07. The van der Waals surface area contributed by atoms with Crippen LogP contribution < -0.4 is 5.32 Å². The van der Waals surface area contributed by atoms with E-state index in [2.05, 4.69) is 10.3 Å². The van der Waals surface area contributed by atoms with Crippen LogP contribution >= 0.6 is 11.6 Å². The number of alkyl halides is 1. The Hall–Kier alpha value is -1.09. The molecule has 1 aromatic heterocycles. The van der Waals surface area contributed by atoms with Gasteiger partial charge in [0, 0.05) is 24.3 Å². The van der Waals surface area contributed by atoms with Crippen molar-refractivity contribution in [1.82, 2.24) is 10.3 Å². The molecule has 1 amide bonds. The summed E-state index contributed by atoms with van der Waals surface area (Å²) >= 11 is 5.54. The maximum Gasteiger partial charge on any atom is 0.253 e. The third-order valence-electron chi connectivity index (χ3n) is 2.10. The number of nitrogens with zero attached hydrogens (tertiary/aromatic N) is 1. The molecule has 4 heteroatoms. The molecule has 0 aliphatic heterocycles. The smallest absolute Gasteiger partial charge is 0.253 e. The summed E-state index contributed by atoms with van der Waals surface area (Å²) in [6, 6.07) is 3.54. The molecule has 0 saturated carbocycles. The first-order valence-corrected chi connectivity index (χ1v) is 5.55. The van der Waals surface area contributed by atoms with E-state index in [1.54, 1.807) is 18.3 Å². The summed E-state index contributed by atoms with van der Waals surface area (Å²) in [5.41, 5.74) is 1.40. The van der Waals surface area contributed by atoms with Crippen molar-refractivity contribution in [2.45, 2.75) is 19.8 Å². The number of carbonyl (C=O) groups excluding carboxylic acids is 1. The van der Waals surface area contributed by atoms with E-state index < -0.39 is 0 Å². The fourth-order valence-electron chi connectivity index (χ4n) is 1.24. The third kappa shape index (κ3) is 3.88. The van der Waals surface area contributed by atoms with Crippen LogP contribution in [0, 0.1) is 6.92 Å². The molecular formula is C11H15ClN2O. The van der Waals surface area contributed by atoms with Crippen LogP contribution in [-0.2, 0) is 0 Å². The lowest BCUT2D eigenvalue weighted by molar-refractivity contribution is 0.0952. The van der Waals surface area contributed by atoms with E-state index in [1.807, 2.05) is 6.92 Å². The summed E-state index contributed by atoms with van der Waals surface area (Å²) in [4.78, 5) is 15.7. The van der Waals surface area contributed by atoms with Crippen molar-refractivity contribution >= 4 is 17.5 Å². The summed E-state index contributed by atoms with van der Waals surface area (Å²) in [5.74, 6) is 0.581. The molecule has 0 aliphatic carbocycles. The molecular weight excluding hydrogens is 212 g/mol.